The van der Waals surface area contributed by atoms with E-state index in [1.807, 2.05) is 19.9 Å². The first-order valence-corrected chi connectivity index (χ1v) is 8.21. The summed E-state index contributed by atoms with van der Waals surface area (Å²) in [6.07, 6.45) is -0.392. The molecule has 0 unspecified atom stereocenters. The fourth-order valence-electron chi connectivity index (χ4n) is 2.02. The van der Waals surface area contributed by atoms with Crippen LogP contribution in [0.2, 0.25) is 0 Å². The molecular weight excluding hydrogens is 330 g/mol. The van der Waals surface area contributed by atoms with Gasteiger partial charge in [0.2, 0.25) is 0 Å². The number of amides is 1. The van der Waals surface area contributed by atoms with Crippen LogP contribution in [0.25, 0.3) is 0 Å². The van der Waals surface area contributed by atoms with Gasteiger partial charge in [-0.3, -0.25) is 4.79 Å². The van der Waals surface area contributed by atoms with Crippen LogP contribution in [0.4, 0.5) is 5.69 Å². The minimum Gasteiger partial charge on any atom is -0.495 e. The smallest absolute Gasteiger partial charge is 0.352 e. The number of esters is 1. The van der Waals surface area contributed by atoms with Gasteiger partial charge in [0.1, 0.15) is 5.75 Å². The Morgan fingerprint density at radius 2 is 2.12 bits per heavy atom. The number of carbonyl (C=O) groups is 2. The molecular formula is C16H19N3O4S. The van der Waals surface area contributed by atoms with E-state index in [1.54, 1.807) is 12.1 Å². The molecule has 1 heterocycles. The number of anilines is 1. The highest BCUT2D eigenvalue weighted by Gasteiger charge is 2.23. The Kier molecular flexibility index (Phi) is 5.86. The van der Waals surface area contributed by atoms with Crippen LogP contribution < -0.4 is 10.1 Å². The molecule has 0 bridgehead atoms. The molecule has 1 atom stereocenters. The molecule has 0 saturated heterocycles. The van der Waals surface area contributed by atoms with Crippen molar-refractivity contribution in [2.45, 2.75) is 33.3 Å². The molecule has 0 aliphatic carbocycles. The van der Waals surface area contributed by atoms with Crippen LogP contribution in [0.1, 0.15) is 34.8 Å². The van der Waals surface area contributed by atoms with E-state index in [2.05, 4.69) is 14.9 Å². The van der Waals surface area contributed by atoms with Crippen molar-refractivity contribution in [3.8, 4) is 5.75 Å². The second kappa shape index (κ2) is 7.87. The van der Waals surface area contributed by atoms with Crippen LogP contribution in [0.15, 0.2) is 18.2 Å². The first-order valence-electron chi connectivity index (χ1n) is 7.44. The summed E-state index contributed by atoms with van der Waals surface area (Å²) in [5.41, 5.74) is 2.07. The summed E-state index contributed by atoms with van der Waals surface area (Å²) < 4.78 is 14.2. The Hall–Kier alpha value is -2.48. The highest BCUT2D eigenvalue weighted by molar-refractivity contribution is 7.07. The number of ether oxygens (including phenoxy) is 2. The highest BCUT2D eigenvalue weighted by atomic mass is 32.1. The Balaban J connectivity index is 2.05. The lowest BCUT2D eigenvalue weighted by atomic mass is 10.2. The molecule has 0 saturated carbocycles. The molecule has 0 spiro atoms. The number of benzene rings is 1. The first-order chi connectivity index (χ1) is 11.5. The number of aryl methyl sites for hydroxylation is 2. The summed E-state index contributed by atoms with van der Waals surface area (Å²) in [5, 5.41) is 6.57. The SMILES string of the molecule is CCc1nnsc1C(=O)O[C@H](C)C(=O)Nc1cc(C)ccc1OC. The predicted molar refractivity (Wildman–Crippen MR) is 90.5 cm³/mol. The maximum absolute atomic E-state index is 12.3. The van der Waals surface area contributed by atoms with Gasteiger partial charge >= 0.3 is 5.97 Å². The summed E-state index contributed by atoms with van der Waals surface area (Å²) in [4.78, 5) is 24.7. The van der Waals surface area contributed by atoms with E-state index in [-0.39, 0.29) is 0 Å². The lowest BCUT2D eigenvalue weighted by Crippen LogP contribution is -2.30. The number of rotatable bonds is 6. The molecule has 0 fully saturated rings. The monoisotopic (exact) mass is 349 g/mol. The van der Waals surface area contributed by atoms with E-state index in [0.717, 1.165) is 17.1 Å². The van der Waals surface area contributed by atoms with Gasteiger partial charge in [-0.25, -0.2) is 4.79 Å². The summed E-state index contributed by atoms with van der Waals surface area (Å²) in [7, 11) is 1.52. The third-order valence-electron chi connectivity index (χ3n) is 3.34. The molecule has 0 aliphatic rings. The van der Waals surface area contributed by atoms with Gasteiger partial charge in [-0.1, -0.05) is 17.5 Å². The average Bonchev–Trinajstić information content (AvgIpc) is 3.03. The Morgan fingerprint density at radius 3 is 2.79 bits per heavy atom. The molecule has 1 N–H and O–H groups in total. The van der Waals surface area contributed by atoms with Gasteiger partial charge in [0.05, 0.1) is 18.5 Å². The largest absolute Gasteiger partial charge is 0.495 e. The van der Waals surface area contributed by atoms with E-state index >= 15 is 0 Å². The lowest BCUT2D eigenvalue weighted by molar-refractivity contribution is -0.123. The van der Waals surface area contributed by atoms with Crippen LogP contribution in [-0.4, -0.2) is 34.7 Å². The number of carbonyl (C=O) groups excluding carboxylic acids is 2. The van der Waals surface area contributed by atoms with Gasteiger partial charge in [0.15, 0.2) is 11.0 Å². The summed E-state index contributed by atoms with van der Waals surface area (Å²) in [6, 6.07) is 5.42. The van der Waals surface area contributed by atoms with Crippen molar-refractivity contribution >= 4 is 29.1 Å². The first kappa shape index (κ1) is 17.9. The zero-order valence-electron chi connectivity index (χ0n) is 14.0. The topological polar surface area (TPSA) is 90.4 Å². The second-order valence-corrected chi connectivity index (χ2v) is 5.90. The van der Waals surface area contributed by atoms with E-state index in [9.17, 15) is 9.59 Å². The Bertz CT molecular complexity index is 745. The molecule has 0 aliphatic heterocycles. The van der Waals surface area contributed by atoms with Gasteiger partial charge in [-0.05, 0) is 49.5 Å². The van der Waals surface area contributed by atoms with Crippen LogP contribution >= 0.6 is 11.5 Å². The number of methoxy groups -OCH3 is 1. The molecule has 128 valence electrons. The van der Waals surface area contributed by atoms with Crippen LogP contribution in [0.5, 0.6) is 5.75 Å². The predicted octanol–water partition coefficient (Wildman–Crippen LogP) is 2.60. The van der Waals surface area contributed by atoms with Crippen molar-refractivity contribution in [3.63, 3.8) is 0 Å². The van der Waals surface area contributed by atoms with E-state index in [4.69, 9.17) is 9.47 Å². The summed E-state index contributed by atoms with van der Waals surface area (Å²) in [5.74, 6) is -0.504. The number of nitrogens with zero attached hydrogens (tertiary/aromatic N) is 2. The van der Waals surface area contributed by atoms with E-state index < -0.39 is 18.0 Å². The fraction of sp³-hybridized carbons (Fsp3) is 0.375. The van der Waals surface area contributed by atoms with Crippen LogP contribution in [0, 0.1) is 6.92 Å². The van der Waals surface area contributed by atoms with Crippen LogP contribution in [-0.2, 0) is 16.0 Å². The number of hydrogen-bond donors (Lipinski definition) is 1. The van der Waals surface area contributed by atoms with E-state index in [1.165, 1.54) is 14.0 Å². The minimum absolute atomic E-state index is 0.324. The maximum Gasteiger partial charge on any atom is 0.352 e. The van der Waals surface area contributed by atoms with Gasteiger partial charge < -0.3 is 14.8 Å². The molecule has 24 heavy (non-hydrogen) atoms. The molecule has 1 aromatic carbocycles. The lowest BCUT2D eigenvalue weighted by Gasteiger charge is -2.15. The molecule has 7 nitrogen and oxygen atoms in total. The molecule has 0 radical (unpaired) electrons. The molecule has 2 aromatic rings. The zero-order valence-corrected chi connectivity index (χ0v) is 14.8. The normalized spacial score (nSPS) is 11.7. The number of hydrogen-bond acceptors (Lipinski definition) is 7. The fourth-order valence-corrected chi connectivity index (χ4v) is 2.65. The van der Waals surface area contributed by atoms with Crippen LogP contribution in [0.3, 0.4) is 0 Å². The summed E-state index contributed by atoms with van der Waals surface area (Å²) >= 11 is 0.961. The molecule has 2 rings (SSSR count). The molecule has 8 heteroatoms. The maximum atomic E-state index is 12.3. The Labute approximate surface area is 144 Å². The van der Waals surface area contributed by atoms with E-state index in [0.29, 0.717) is 28.4 Å². The Morgan fingerprint density at radius 1 is 1.38 bits per heavy atom. The third kappa shape index (κ3) is 4.08. The van der Waals surface area contributed by atoms with Gasteiger partial charge in [0, 0.05) is 0 Å². The van der Waals surface area contributed by atoms with Crippen molar-refractivity contribution in [2.24, 2.45) is 0 Å². The quantitative estimate of drug-likeness (QED) is 0.806. The van der Waals surface area contributed by atoms with Crippen molar-refractivity contribution in [1.82, 2.24) is 9.59 Å². The van der Waals surface area contributed by atoms with Crippen molar-refractivity contribution in [1.29, 1.82) is 0 Å². The van der Waals surface area contributed by atoms with Gasteiger partial charge in [-0.15, -0.1) is 5.10 Å². The molecule has 1 aromatic heterocycles. The zero-order chi connectivity index (χ0) is 17.7. The van der Waals surface area contributed by atoms with Gasteiger partial charge in [0.25, 0.3) is 5.91 Å². The van der Waals surface area contributed by atoms with Crippen molar-refractivity contribution < 1.29 is 19.1 Å². The van der Waals surface area contributed by atoms with Crippen molar-refractivity contribution in [2.75, 3.05) is 12.4 Å². The summed E-state index contributed by atoms with van der Waals surface area (Å²) in [6.45, 7) is 5.28. The second-order valence-electron chi connectivity index (χ2n) is 5.14. The minimum atomic E-state index is -0.963. The number of aromatic nitrogens is 2. The van der Waals surface area contributed by atoms with Gasteiger partial charge in [-0.2, -0.15) is 0 Å². The van der Waals surface area contributed by atoms with Crippen molar-refractivity contribution in [3.05, 3.63) is 34.3 Å². The number of nitrogens with one attached hydrogen (secondary N) is 1. The molecule has 1 amide bonds. The third-order valence-corrected chi connectivity index (χ3v) is 4.09. The average molecular weight is 349 g/mol. The standard InChI is InChI=1S/C16H19N3O4S/c1-5-11-14(24-19-18-11)16(21)23-10(3)15(20)17-12-8-9(2)6-7-13(12)22-4/h6-8,10H,5H2,1-4H3,(H,17,20)/t10-/m1/s1. The highest BCUT2D eigenvalue weighted by Crippen LogP contribution is 2.25.